The van der Waals surface area contributed by atoms with Gasteiger partial charge >= 0.3 is 0 Å². The Bertz CT molecular complexity index is 505. The lowest BCUT2D eigenvalue weighted by atomic mass is 10.2. The maximum atomic E-state index is 9.16. The summed E-state index contributed by atoms with van der Waals surface area (Å²) in [7, 11) is 2.04. The zero-order valence-corrected chi connectivity index (χ0v) is 11.1. The van der Waals surface area contributed by atoms with E-state index in [1.165, 1.54) is 5.52 Å². The summed E-state index contributed by atoms with van der Waals surface area (Å²) in [4.78, 5) is 4.60. The minimum absolute atomic E-state index is 0.206. The Labute approximate surface area is 108 Å². The molecule has 0 amide bonds. The van der Waals surface area contributed by atoms with Crippen LogP contribution in [0.25, 0.3) is 11.0 Å². The molecular formula is C14H21N3O. The molecule has 2 N–H and O–H groups in total. The lowest BCUT2D eigenvalue weighted by Gasteiger charge is -2.06. The average molecular weight is 247 g/mol. The first kappa shape index (κ1) is 13.1. The molecule has 2 aromatic rings. The lowest BCUT2D eigenvalue weighted by Crippen LogP contribution is -2.18. The number of nitrogens with one attached hydrogen (secondary N) is 1. The third kappa shape index (κ3) is 3.09. The lowest BCUT2D eigenvalue weighted by molar-refractivity contribution is 0.181. The molecule has 4 heteroatoms. The smallest absolute Gasteiger partial charge is 0.123 e. The second kappa shape index (κ2) is 5.98. The topological polar surface area (TPSA) is 50.1 Å². The first-order valence-corrected chi connectivity index (χ1v) is 6.47. The molecule has 1 aromatic carbocycles. The van der Waals surface area contributed by atoms with Crippen molar-refractivity contribution in [2.45, 2.75) is 32.4 Å². The number of aromatic nitrogens is 2. The van der Waals surface area contributed by atoms with Gasteiger partial charge in [0.2, 0.25) is 0 Å². The van der Waals surface area contributed by atoms with Gasteiger partial charge in [0, 0.05) is 7.05 Å². The van der Waals surface area contributed by atoms with Crippen LogP contribution in [0.3, 0.4) is 0 Å². The first-order valence-electron chi connectivity index (χ1n) is 6.47. The largest absolute Gasteiger partial charge is 0.393 e. The molecule has 0 aliphatic carbocycles. The molecule has 0 saturated heterocycles. The van der Waals surface area contributed by atoms with Crippen LogP contribution in [0.1, 0.15) is 25.6 Å². The van der Waals surface area contributed by atoms with Crippen LogP contribution in [0.15, 0.2) is 24.3 Å². The van der Waals surface area contributed by atoms with Crippen LogP contribution in [0, 0.1) is 0 Å². The molecule has 0 aliphatic rings. The highest BCUT2D eigenvalue weighted by molar-refractivity contribution is 5.75. The van der Waals surface area contributed by atoms with E-state index in [-0.39, 0.29) is 6.10 Å². The fraction of sp³-hybridized carbons (Fsp3) is 0.500. The van der Waals surface area contributed by atoms with Crippen molar-refractivity contribution in [1.29, 1.82) is 0 Å². The number of aryl methyl sites for hydroxylation is 1. The van der Waals surface area contributed by atoms with E-state index in [2.05, 4.69) is 20.9 Å². The quantitative estimate of drug-likeness (QED) is 0.766. The van der Waals surface area contributed by atoms with Crippen molar-refractivity contribution in [1.82, 2.24) is 14.9 Å². The Hall–Kier alpha value is -1.39. The number of benzene rings is 1. The van der Waals surface area contributed by atoms with Gasteiger partial charge in [-0.25, -0.2) is 4.98 Å². The highest BCUT2D eigenvalue weighted by atomic mass is 16.3. The number of aliphatic hydroxyl groups excluding tert-OH is 1. The minimum atomic E-state index is -0.206. The predicted octanol–water partition coefficient (Wildman–Crippen LogP) is 1.82. The normalized spacial score (nSPS) is 13.1. The molecule has 0 spiro atoms. The third-order valence-electron chi connectivity index (χ3n) is 3.14. The zero-order chi connectivity index (χ0) is 13.0. The molecular weight excluding hydrogens is 226 g/mol. The van der Waals surface area contributed by atoms with Crippen molar-refractivity contribution in [3.05, 3.63) is 30.1 Å². The third-order valence-corrected chi connectivity index (χ3v) is 3.14. The van der Waals surface area contributed by atoms with Crippen molar-refractivity contribution in [3.8, 4) is 0 Å². The zero-order valence-electron chi connectivity index (χ0n) is 11.1. The van der Waals surface area contributed by atoms with E-state index < -0.39 is 0 Å². The summed E-state index contributed by atoms with van der Waals surface area (Å²) in [5.74, 6) is 1.05. The van der Waals surface area contributed by atoms with E-state index >= 15 is 0 Å². The molecule has 4 nitrogen and oxygen atoms in total. The monoisotopic (exact) mass is 247 g/mol. The van der Waals surface area contributed by atoms with E-state index in [0.717, 1.165) is 37.3 Å². The Kier molecular flexibility index (Phi) is 4.33. The van der Waals surface area contributed by atoms with Gasteiger partial charge in [-0.1, -0.05) is 12.1 Å². The van der Waals surface area contributed by atoms with Crippen LogP contribution in [0.2, 0.25) is 0 Å². The minimum Gasteiger partial charge on any atom is -0.393 e. The van der Waals surface area contributed by atoms with Crippen molar-refractivity contribution in [2.24, 2.45) is 7.05 Å². The summed E-state index contributed by atoms with van der Waals surface area (Å²) < 4.78 is 2.12. The van der Waals surface area contributed by atoms with Gasteiger partial charge in [0.05, 0.1) is 23.7 Å². The average Bonchev–Trinajstić information content (AvgIpc) is 2.66. The first-order chi connectivity index (χ1) is 8.68. The fourth-order valence-electron chi connectivity index (χ4n) is 2.08. The van der Waals surface area contributed by atoms with Crippen LogP contribution in [-0.2, 0) is 13.6 Å². The number of hydrogen-bond donors (Lipinski definition) is 2. The molecule has 0 radical (unpaired) electrons. The predicted molar refractivity (Wildman–Crippen MR) is 73.3 cm³/mol. The summed E-state index contributed by atoms with van der Waals surface area (Å²) in [6, 6.07) is 8.16. The van der Waals surface area contributed by atoms with Gasteiger partial charge in [-0.15, -0.1) is 0 Å². The standard InChI is InChI=1S/C14H21N3O/c1-11(18)6-5-9-15-10-14-16-12-7-3-4-8-13(12)17(14)2/h3-4,7-8,11,15,18H,5-6,9-10H2,1-2H3. The van der Waals surface area contributed by atoms with Crippen molar-refractivity contribution >= 4 is 11.0 Å². The Morgan fingerprint density at radius 2 is 2.17 bits per heavy atom. The van der Waals surface area contributed by atoms with Gasteiger partial charge < -0.3 is 15.0 Å². The number of aliphatic hydroxyl groups is 1. The molecule has 1 unspecified atom stereocenters. The Balaban J connectivity index is 1.90. The highest BCUT2D eigenvalue weighted by Crippen LogP contribution is 2.13. The summed E-state index contributed by atoms with van der Waals surface area (Å²) in [6.45, 7) is 3.50. The molecule has 0 bridgehead atoms. The van der Waals surface area contributed by atoms with Crippen LogP contribution >= 0.6 is 0 Å². The highest BCUT2D eigenvalue weighted by Gasteiger charge is 2.05. The summed E-state index contributed by atoms with van der Waals surface area (Å²) in [6.07, 6.45) is 1.62. The number of fused-ring (bicyclic) bond motifs is 1. The maximum Gasteiger partial charge on any atom is 0.123 e. The van der Waals surface area contributed by atoms with Crippen LogP contribution in [-0.4, -0.2) is 27.3 Å². The number of para-hydroxylation sites is 2. The SMILES string of the molecule is CC(O)CCCNCc1nc2ccccc2n1C. The summed E-state index contributed by atoms with van der Waals surface area (Å²) >= 11 is 0. The molecule has 0 fully saturated rings. The fourth-order valence-corrected chi connectivity index (χ4v) is 2.08. The van der Waals surface area contributed by atoms with Crippen LogP contribution in [0.5, 0.6) is 0 Å². The molecule has 18 heavy (non-hydrogen) atoms. The van der Waals surface area contributed by atoms with E-state index in [1.807, 2.05) is 32.2 Å². The van der Waals surface area contributed by atoms with Crippen molar-refractivity contribution in [3.63, 3.8) is 0 Å². The van der Waals surface area contributed by atoms with Gasteiger partial charge in [0.1, 0.15) is 5.82 Å². The van der Waals surface area contributed by atoms with Crippen LogP contribution < -0.4 is 5.32 Å². The molecule has 98 valence electrons. The van der Waals surface area contributed by atoms with Crippen molar-refractivity contribution < 1.29 is 5.11 Å². The van der Waals surface area contributed by atoms with E-state index in [0.29, 0.717) is 0 Å². The van der Waals surface area contributed by atoms with E-state index in [4.69, 9.17) is 5.11 Å². The van der Waals surface area contributed by atoms with Crippen molar-refractivity contribution in [2.75, 3.05) is 6.54 Å². The summed E-state index contributed by atoms with van der Waals surface area (Å²) in [5.41, 5.74) is 2.21. The molecule has 2 rings (SSSR count). The van der Waals surface area contributed by atoms with Gasteiger partial charge in [-0.05, 0) is 38.4 Å². The Morgan fingerprint density at radius 3 is 2.89 bits per heavy atom. The van der Waals surface area contributed by atoms with E-state index in [9.17, 15) is 0 Å². The molecule has 1 atom stereocenters. The van der Waals surface area contributed by atoms with E-state index in [1.54, 1.807) is 0 Å². The molecule has 0 aliphatic heterocycles. The Morgan fingerprint density at radius 1 is 1.39 bits per heavy atom. The van der Waals surface area contributed by atoms with Gasteiger partial charge in [0.15, 0.2) is 0 Å². The molecule has 0 saturated carbocycles. The number of rotatable bonds is 6. The second-order valence-corrected chi connectivity index (χ2v) is 4.74. The number of hydrogen-bond acceptors (Lipinski definition) is 3. The number of nitrogens with zero attached hydrogens (tertiary/aromatic N) is 2. The second-order valence-electron chi connectivity index (χ2n) is 4.74. The van der Waals surface area contributed by atoms with Gasteiger partial charge in [-0.2, -0.15) is 0 Å². The molecule has 1 heterocycles. The van der Waals surface area contributed by atoms with Gasteiger partial charge in [0.25, 0.3) is 0 Å². The number of imidazole rings is 1. The van der Waals surface area contributed by atoms with Crippen LogP contribution in [0.4, 0.5) is 0 Å². The summed E-state index contributed by atoms with van der Waals surface area (Å²) in [5, 5.41) is 12.5. The molecule has 1 aromatic heterocycles. The maximum absolute atomic E-state index is 9.16. The van der Waals surface area contributed by atoms with Gasteiger partial charge in [-0.3, -0.25) is 0 Å².